The highest BCUT2D eigenvalue weighted by Gasteiger charge is 2.20. The minimum atomic E-state index is 0.559. The van der Waals surface area contributed by atoms with Gasteiger partial charge in [0.1, 0.15) is 12.4 Å². The van der Waals surface area contributed by atoms with Crippen molar-refractivity contribution in [3.8, 4) is 0 Å². The fraction of sp³-hybridized carbons (Fsp3) is 0.667. The van der Waals surface area contributed by atoms with Gasteiger partial charge < -0.3 is 15.0 Å². The minimum absolute atomic E-state index is 0.559. The molecule has 1 aliphatic rings. The number of methoxy groups -OCH3 is 1. The molecule has 0 spiro atoms. The molecule has 0 radical (unpaired) electrons. The van der Waals surface area contributed by atoms with E-state index in [2.05, 4.69) is 15.3 Å². The Kier molecular flexibility index (Phi) is 2.61. The Bertz CT molecular complexity index is 268. The van der Waals surface area contributed by atoms with E-state index in [1.165, 1.54) is 12.8 Å². The summed E-state index contributed by atoms with van der Waals surface area (Å²) < 4.78 is 4.96. The van der Waals surface area contributed by atoms with Crippen LogP contribution < -0.4 is 5.32 Å². The molecule has 0 bridgehead atoms. The third kappa shape index (κ3) is 2.54. The fourth-order valence-electron chi connectivity index (χ4n) is 1.25. The van der Waals surface area contributed by atoms with Crippen LogP contribution in [0.1, 0.15) is 24.4 Å². The number of imidazole rings is 1. The largest absolute Gasteiger partial charge is 0.377 e. The molecular formula is C9H15N3O. The number of nitrogens with one attached hydrogen (secondary N) is 2. The lowest BCUT2D eigenvalue weighted by molar-refractivity contribution is 0.178. The predicted octanol–water partition coefficient (Wildman–Crippen LogP) is 0.808. The van der Waals surface area contributed by atoms with Gasteiger partial charge in [-0.05, 0) is 12.8 Å². The predicted molar refractivity (Wildman–Crippen MR) is 49.2 cm³/mol. The van der Waals surface area contributed by atoms with E-state index in [0.717, 1.165) is 24.1 Å². The second-order valence-electron chi connectivity index (χ2n) is 3.44. The normalized spacial score (nSPS) is 16.4. The van der Waals surface area contributed by atoms with E-state index in [1.807, 2.05) is 6.20 Å². The Morgan fingerprint density at radius 1 is 1.69 bits per heavy atom. The van der Waals surface area contributed by atoms with Gasteiger partial charge in [-0.25, -0.2) is 4.98 Å². The van der Waals surface area contributed by atoms with Gasteiger partial charge in [0.05, 0.1) is 0 Å². The summed E-state index contributed by atoms with van der Waals surface area (Å²) in [5.74, 6) is 0.898. The Morgan fingerprint density at radius 3 is 3.23 bits per heavy atom. The molecule has 0 unspecified atom stereocenters. The topological polar surface area (TPSA) is 49.9 Å². The van der Waals surface area contributed by atoms with Gasteiger partial charge in [0.2, 0.25) is 0 Å². The van der Waals surface area contributed by atoms with E-state index in [-0.39, 0.29) is 0 Å². The molecule has 1 fully saturated rings. The van der Waals surface area contributed by atoms with Crippen LogP contribution in [0, 0.1) is 0 Å². The molecule has 0 amide bonds. The minimum Gasteiger partial charge on any atom is -0.377 e. The molecule has 72 valence electrons. The van der Waals surface area contributed by atoms with Crippen LogP contribution in [0.15, 0.2) is 6.20 Å². The van der Waals surface area contributed by atoms with E-state index in [9.17, 15) is 0 Å². The number of aromatic nitrogens is 2. The van der Waals surface area contributed by atoms with Crippen molar-refractivity contribution in [1.82, 2.24) is 15.3 Å². The number of H-pyrrole nitrogens is 1. The van der Waals surface area contributed by atoms with Gasteiger partial charge in [-0.15, -0.1) is 0 Å². The van der Waals surface area contributed by atoms with Crippen molar-refractivity contribution < 1.29 is 4.74 Å². The molecule has 4 heteroatoms. The summed E-state index contributed by atoms with van der Waals surface area (Å²) in [5.41, 5.74) is 1.14. The maximum absolute atomic E-state index is 4.96. The highest BCUT2D eigenvalue weighted by atomic mass is 16.5. The Balaban J connectivity index is 1.81. The van der Waals surface area contributed by atoms with Crippen LogP contribution in [0.25, 0.3) is 0 Å². The first-order chi connectivity index (χ1) is 6.38. The van der Waals surface area contributed by atoms with Crippen molar-refractivity contribution in [2.75, 3.05) is 7.11 Å². The van der Waals surface area contributed by atoms with Crippen LogP contribution >= 0.6 is 0 Å². The monoisotopic (exact) mass is 181 g/mol. The number of ether oxygens (including phenoxy) is 1. The lowest BCUT2D eigenvalue weighted by atomic mass is 10.4. The summed E-state index contributed by atoms with van der Waals surface area (Å²) in [6.45, 7) is 1.45. The molecule has 2 rings (SSSR count). The van der Waals surface area contributed by atoms with E-state index in [4.69, 9.17) is 4.74 Å². The van der Waals surface area contributed by atoms with Crippen LogP contribution in [-0.4, -0.2) is 23.1 Å². The molecule has 1 aromatic rings. The van der Waals surface area contributed by atoms with Crippen LogP contribution in [0.2, 0.25) is 0 Å². The van der Waals surface area contributed by atoms with E-state index in [1.54, 1.807) is 7.11 Å². The van der Waals surface area contributed by atoms with Crippen LogP contribution in [0.4, 0.5) is 0 Å². The number of hydrogen-bond donors (Lipinski definition) is 2. The molecule has 0 aliphatic heterocycles. The Labute approximate surface area is 77.7 Å². The number of hydrogen-bond acceptors (Lipinski definition) is 3. The Morgan fingerprint density at radius 2 is 2.54 bits per heavy atom. The lowest BCUT2D eigenvalue weighted by Crippen LogP contribution is -2.15. The zero-order valence-electron chi connectivity index (χ0n) is 7.84. The lowest BCUT2D eigenvalue weighted by Gasteiger charge is -1.98. The van der Waals surface area contributed by atoms with Gasteiger partial charge in [0, 0.05) is 31.6 Å². The van der Waals surface area contributed by atoms with E-state index >= 15 is 0 Å². The summed E-state index contributed by atoms with van der Waals surface area (Å²) in [7, 11) is 1.67. The van der Waals surface area contributed by atoms with Gasteiger partial charge in [0.15, 0.2) is 0 Å². The van der Waals surface area contributed by atoms with Gasteiger partial charge in [-0.1, -0.05) is 0 Å². The first-order valence-electron chi connectivity index (χ1n) is 4.63. The third-order valence-electron chi connectivity index (χ3n) is 2.12. The van der Waals surface area contributed by atoms with Gasteiger partial charge >= 0.3 is 0 Å². The molecule has 13 heavy (non-hydrogen) atoms. The smallest absolute Gasteiger partial charge is 0.132 e. The quantitative estimate of drug-likeness (QED) is 0.706. The number of nitrogens with zero attached hydrogens (tertiary/aromatic N) is 1. The molecule has 1 aromatic heterocycles. The standard InChI is InChI=1S/C9H15N3O/c1-13-6-9-11-5-8(12-9)4-10-7-2-3-7/h5,7,10H,2-4,6H2,1H3,(H,11,12). The highest BCUT2D eigenvalue weighted by Crippen LogP contribution is 2.18. The van der Waals surface area contributed by atoms with Crippen molar-refractivity contribution in [2.24, 2.45) is 0 Å². The van der Waals surface area contributed by atoms with E-state index in [0.29, 0.717) is 6.61 Å². The van der Waals surface area contributed by atoms with Crippen LogP contribution in [-0.2, 0) is 17.9 Å². The van der Waals surface area contributed by atoms with Crippen molar-refractivity contribution in [3.05, 3.63) is 17.7 Å². The molecule has 1 saturated carbocycles. The van der Waals surface area contributed by atoms with Crippen LogP contribution in [0.5, 0.6) is 0 Å². The van der Waals surface area contributed by atoms with Crippen molar-refractivity contribution in [1.29, 1.82) is 0 Å². The summed E-state index contributed by atoms with van der Waals surface area (Å²) in [6.07, 6.45) is 4.50. The maximum Gasteiger partial charge on any atom is 0.132 e. The third-order valence-corrected chi connectivity index (χ3v) is 2.12. The Hall–Kier alpha value is -0.870. The number of aromatic amines is 1. The molecule has 2 N–H and O–H groups in total. The zero-order valence-corrected chi connectivity index (χ0v) is 7.84. The summed E-state index contributed by atoms with van der Waals surface area (Å²) in [6, 6.07) is 0.745. The first-order valence-corrected chi connectivity index (χ1v) is 4.63. The summed E-state index contributed by atoms with van der Waals surface area (Å²) in [4.78, 5) is 7.38. The average Bonchev–Trinajstić information content (AvgIpc) is 2.85. The molecule has 4 nitrogen and oxygen atoms in total. The van der Waals surface area contributed by atoms with Gasteiger partial charge in [-0.3, -0.25) is 0 Å². The average molecular weight is 181 g/mol. The second kappa shape index (κ2) is 3.89. The molecule has 1 aliphatic carbocycles. The molecule has 1 heterocycles. The summed E-state index contributed by atoms with van der Waals surface area (Å²) in [5, 5.41) is 3.42. The van der Waals surface area contributed by atoms with Crippen molar-refractivity contribution in [2.45, 2.75) is 32.0 Å². The second-order valence-corrected chi connectivity index (χ2v) is 3.44. The van der Waals surface area contributed by atoms with Crippen LogP contribution in [0.3, 0.4) is 0 Å². The molecule has 0 aromatic carbocycles. The van der Waals surface area contributed by atoms with Crippen molar-refractivity contribution in [3.63, 3.8) is 0 Å². The van der Waals surface area contributed by atoms with Crippen molar-refractivity contribution >= 4 is 0 Å². The van der Waals surface area contributed by atoms with Gasteiger partial charge in [-0.2, -0.15) is 0 Å². The SMILES string of the molecule is COCc1ncc(CNC2CC2)[nH]1. The molecular weight excluding hydrogens is 166 g/mol. The highest BCUT2D eigenvalue weighted by molar-refractivity contribution is 5.01. The van der Waals surface area contributed by atoms with E-state index < -0.39 is 0 Å². The fourth-order valence-corrected chi connectivity index (χ4v) is 1.25. The summed E-state index contributed by atoms with van der Waals surface area (Å²) >= 11 is 0. The zero-order chi connectivity index (χ0) is 9.10. The van der Waals surface area contributed by atoms with Gasteiger partial charge in [0.25, 0.3) is 0 Å². The molecule has 0 atom stereocenters. The maximum atomic E-state index is 4.96. The number of rotatable bonds is 5. The first kappa shape index (κ1) is 8.72. The molecule has 0 saturated heterocycles.